The standard InChI is InChI=1S/C17H24N2O5S/c1-23-10-7-18-25(21,22)15-5-4-14-12-19(8-6-13(14)11-15)17(20)16-3-2-9-24-16/h4-5,11,16,18H,2-3,6-10,12H2,1H3. The number of hydrogen-bond donors (Lipinski definition) is 1. The first-order chi connectivity index (χ1) is 12.0. The number of sulfonamides is 1. The fraction of sp³-hybridized carbons (Fsp3) is 0.588. The Kier molecular flexibility index (Phi) is 5.73. The van der Waals surface area contributed by atoms with Crippen LogP contribution in [0.2, 0.25) is 0 Å². The number of amides is 1. The lowest BCUT2D eigenvalue weighted by atomic mass is 9.99. The molecule has 3 rings (SSSR count). The van der Waals surface area contributed by atoms with Gasteiger partial charge in [-0.3, -0.25) is 4.79 Å². The Morgan fingerprint density at radius 3 is 2.96 bits per heavy atom. The lowest BCUT2D eigenvalue weighted by molar-refractivity contribution is -0.141. The average Bonchev–Trinajstić information content (AvgIpc) is 3.15. The van der Waals surface area contributed by atoms with Gasteiger partial charge in [-0.05, 0) is 42.5 Å². The van der Waals surface area contributed by atoms with Crippen LogP contribution in [0.3, 0.4) is 0 Å². The van der Waals surface area contributed by atoms with E-state index in [0.717, 1.165) is 24.0 Å². The zero-order valence-electron chi connectivity index (χ0n) is 14.4. The quantitative estimate of drug-likeness (QED) is 0.746. The van der Waals surface area contributed by atoms with E-state index in [0.29, 0.717) is 32.7 Å². The summed E-state index contributed by atoms with van der Waals surface area (Å²) in [6.45, 7) is 2.31. The maximum Gasteiger partial charge on any atom is 0.252 e. The summed E-state index contributed by atoms with van der Waals surface area (Å²) < 4.78 is 37.4. The summed E-state index contributed by atoms with van der Waals surface area (Å²) in [7, 11) is -2.01. The van der Waals surface area contributed by atoms with Crippen LogP contribution in [0.25, 0.3) is 0 Å². The van der Waals surface area contributed by atoms with Crippen molar-refractivity contribution in [1.82, 2.24) is 9.62 Å². The minimum absolute atomic E-state index is 0.0427. The van der Waals surface area contributed by atoms with Crippen molar-refractivity contribution in [2.24, 2.45) is 0 Å². The molecule has 1 saturated heterocycles. The Hall–Kier alpha value is -1.48. The van der Waals surface area contributed by atoms with Gasteiger partial charge in [0.15, 0.2) is 0 Å². The smallest absolute Gasteiger partial charge is 0.252 e. The lowest BCUT2D eigenvalue weighted by Gasteiger charge is -2.30. The van der Waals surface area contributed by atoms with Gasteiger partial charge in [-0.25, -0.2) is 13.1 Å². The number of hydrogen-bond acceptors (Lipinski definition) is 5. The molecule has 2 aliphatic rings. The number of methoxy groups -OCH3 is 1. The monoisotopic (exact) mass is 368 g/mol. The number of carbonyl (C=O) groups excluding carboxylic acids is 1. The second-order valence-electron chi connectivity index (χ2n) is 6.33. The summed E-state index contributed by atoms with van der Waals surface area (Å²) in [6.07, 6.45) is 2.05. The molecule has 1 amide bonds. The second-order valence-corrected chi connectivity index (χ2v) is 8.10. The molecule has 1 atom stereocenters. The van der Waals surface area contributed by atoms with Gasteiger partial charge in [0.2, 0.25) is 10.0 Å². The van der Waals surface area contributed by atoms with E-state index in [9.17, 15) is 13.2 Å². The number of benzene rings is 1. The maximum atomic E-state index is 12.5. The van der Waals surface area contributed by atoms with E-state index in [1.165, 1.54) is 7.11 Å². The molecule has 0 aromatic heterocycles. The molecule has 138 valence electrons. The van der Waals surface area contributed by atoms with E-state index < -0.39 is 10.0 Å². The Balaban J connectivity index is 1.69. The van der Waals surface area contributed by atoms with Crippen molar-refractivity contribution in [3.05, 3.63) is 29.3 Å². The summed E-state index contributed by atoms with van der Waals surface area (Å²) in [6, 6.07) is 5.10. The number of ether oxygens (including phenoxy) is 2. The Labute approximate surface area is 148 Å². The highest BCUT2D eigenvalue weighted by atomic mass is 32.2. The first-order valence-corrected chi connectivity index (χ1v) is 10.0. The molecule has 7 nitrogen and oxygen atoms in total. The van der Waals surface area contributed by atoms with Crippen molar-refractivity contribution in [2.75, 3.05) is 33.4 Å². The molecule has 0 radical (unpaired) electrons. The van der Waals surface area contributed by atoms with E-state index in [4.69, 9.17) is 9.47 Å². The van der Waals surface area contributed by atoms with Crippen molar-refractivity contribution in [3.8, 4) is 0 Å². The van der Waals surface area contributed by atoms with E-state index >= 15 is 0 Å². The molecule has 25 heavy (non-hydrogen) atoms. The zero-order chi connectivity index (χ0) is 17.9. The van der Waals surface area contributed by atoms with Gasteiger partial charge in [-0.15, -0.1) is 0 Å². The third kappa shape index (κ3) is 4.20. The first-order valence-electron chi connectivity index (χ1n) is 8.52. The molecule has 0 aliphatic carbocycles. The highest BCUT2D eigenvalue weighted by Crippen LogP contribution is 2.24. The molecule has 1 aromatic rings. The van der Waals surface area contributed by atoms with E-state index in [-0.39, 0.29) is 23.5 Å². The van der Waals surface area contributed by atoms with Crippen LogP contribution in [-0.4, -0.2) is 58.7 Å². The number of fused-ring (bicyclic) bond motifs is 1. The topological polar surface area (TPSA) is 84.9 Å². The Morgan fingerprint density at radius 2 is 2.24 bits per heavy atom. The van der Waals surface area contributed by atoms with Crippen LogP contribution in [0.1, 0.15) is 24.0 Å². The molecule has 1 aromatic carbocycles. The van der Waals surface area contributed by atoms with Crippen LogP contribution in [-0.2, 0) is 37.3 Å². The Morgan fingerprint density at radius 1 is 1.40 bits per heavy atom. The molecule has 8 heteroatoms. The molecule has 1 N–H and O–H groups in total. The van der Waals surface area contributed by atoms with Gasteiger partial charge in [-0.1, -0.05) is 6.07 Å². The van der Waals surface area contributed by atoms with Crippen molar-refractivity contribution in [2.45, 2.75) is 36.8 Å². The van der Waals surface area contributed by atoms with Crippen LogP contribution in [0.4, 0.5) is 0 Å². The fourth-order valence-corrected chi connectivity index (χ4v) is 4.29. The average molecular weight is 368 g/mol. The van der Waals surface area contributed by atoms with Crippen LogP contribution >= 0.6 is 0 Å². The largest absolute Gasteiger partial charge is 0.383 e. The van der Waals surface area contributed by atoms with Crippen molar-refractivity contribution < 1.29 is 22.7 Å². The SMILES string of the molecule is COCCNS(=O)(=O)c1ccc2c(c1)CCN(C(=O)C1CCCO1)C2. The molecule has 0 saturated carbocycles. The normalized spacial score (nSPS) is 20.5. The van der Waals surface area contributed by atoms with Crippen LogP contribution in [0.5, 0.6) is 0 Å². The predicted molar refractivity (Wildman–Crippen MR) is 91.6 cm³/mol. The Bertz CT molecular complexity index is 729. The van der Waals surface area contributed by atoms with Crippen LogP contribution in [0.15, 0.2) is 23.1 Å². The zero-order valence-corrected chi connectivity index (χ0v) is 15.2. The van der Waals surface area contributed by atoms with Gasteiger partial charge >= 0.3 is 0 Å². The van der Waals surface area contributed by atoms with Crippen LogP contribution in [0, 0.1) is 0 Å². The molecule has 0 spiro atoms. The van der Waals surface area contributed by atoms with Gasteiger partial charge in [0.25, 0.3) is 5.91 Å². The highest BCUT2D eigenvalue weighted by molar-refractivity contribution is 7.89. The minimum atomic E-state index is -3.54. The highest BCUT2D eigenvalue weighted by Gasteiger charge is 2.30. The molecule has 2 aliphatic heterocycles. The van der Waals surface area contributed by atoms with Crippen molar-refractivity contribution >= 4 is 15.9 Å². The fourth-order valence-electron chi connectivity index (χ4n) is 3.22. The van der Waals surface area contributed by atoms with Crippen LogP contribution < -0.4 is 4.72 Å². The molecule has 0 bridgehead atoms. The molecule has 2 heterocycles. The van der Waals surface area contributed by atoms with Crippen molar-refractivity contribution in [3.63, 3.8) is 0 Å². The molecular formula is C17H24N2O5S. The van der Waals surface area contributed by atoms with Crippen molar-refractivity contribution in [1.29, 1.82) is 0 Å². The number of nitrogens with one attached hydrogen (secondary N) is 1. The first kappa shape index (κ1) is 18.3. The van der Waals surface area contributed by atoms with Gasteiger partial charge < -0.3 is 14.4 Å². The number of nitrogens with zero attached hydrogens (tertiary/aromatic N) is 1. The lowest BCUT2D eigenvalue weighted by Crippen LogP contribution is -2.42. The minimum Gasteiger partial charge on any atom is -0.383 e. The summed E-state index contributed by atoms with van der Waals surface area (Å²) in [5.74, 6) is 0.0427. The van der Waals surface area contributed by atoms with Gasteiger partial charge in [0.05, 0.1) is 11.5 Å². The van der Waals surface area contributed by atoms with E-state index in [1.54, 1.807) is 18.2 Å². The summed E-state index contributed by atoms with van der Waals surface area (Å²) in [5, 5.41) is 0. The maximum absolute atomic E-state index is 12.5. The molecule has 1 unspecified atom stereocenters. The third-order valence-corrected chi connectivity index (χ3v) is 6.07. The number of carbonyl (C=O) groups is 1. The van der Waals surface area contributed by atoms with E-state index in [1.807, 2.05) is 4.90 Å². The van der Waals surface area contributed by atoms with Gasteiger partial charge in [0.1, 0.15) is 6.10 Å². The number of rotatable bonds is 6. The van der Waals surface area contributed by atoms with E-state index in [2.05, 4.69) is 4.72 Å². The second kappa shape index (κ2) is 7.82. The molecular weight excluding hydrogens is 344 g/mol. The van der Waals surface area contributed by atoms with Gasteiger partial charge in [0, 0.05) is 33.4 Å². The summed E-state index contributed by atoms with van der Waals surface area (Å²) in [4.78, 5) is 14.5. The summed E-state index contributed by atoms with van der Waals surface area (Å²) in [5.41, 5.74) is 1.97. The van der Waals surface area contributed by atoms with Gasteiger partial charge in [-0.2, -0.15) is 0 Å². The summed E-state index contributed by atoms with van der Waals surface area (Å²) >= 11 is 0. The molecule has 1 fully saturated rings. The third-order valence-electron chi connectivity index (χ3n) is 4.62. The predicted octanol–water partition coefficient (Wildman–Crippen LogP) is 0.675.